The van der Waals surface area contributed by atoms with Crippen molar-refractivity contribution in [2.75, 3.05) is 13.1 Å². The van der Waals surface area contributed by atoms with Crippen LogP contribution < -0.4 is 0 Å². The summed E-state index contributed by atoms with van der Waals surface area (Å²) in [6.45, 7) is 7.65. The SMILES string of the molecule is CC(C)(C)OC(=O)N1C[C@@H](C(=O)O)[C@](C)(c2cccnc2)C1. The number of carboxylic acid groups (broad SMARTS) is 1. The molecular weight excluding hydrogens is 284 g/mol. The van der Waals surface area contributed by atoms with Gasteiger partial charge in [0.2, 0.25) is 0 Å². The van der Waals surface area contributed by atoms with Crippen molar-refractivity contribution in [1.82, 2.24) is 9.88 Å². The van der Waals surface area contributed by atoms with Crippen molar-refractivity contribution in [3.8, 4) is 0 Å². The van der Waals surface area contributed by atoms with Gasteiger partial charge in [-0.15, -0.1) is 0 Å². The monoisotopic (exact) mass is 306 g/mol. The average Bonchev–Trinajstić information content (AvgIpc) is 2.78. The Balaban J connectivity index is 2.28. The Hall–Kier alpha value is -2.11. The Labute approximate surface area is 130 Å². The summed E-state index contributed by atoms with van der Waals surface area (Å²) >= 11 is 0. The molecule has 6 nitrogen and oxygen atoms in total. The molecule has 22 heavy (non-hydrogen) atoms. The lowest BCUT2D eigenvalue weighted by Gasteiger charge is -2.28. The number of likely N-dealkylation sites (tertiary alicyclic amines) is 1. The Kier molecular flexibility index (Phi) is 4.13. The van der Waals surface area contributed by atoms with Crippen LogP contribution in [0, 0.1) is 5.92 Å². The highest BCUT2D eigenvalue weighted by Crippen LogP contribution is 2.39. The van der Waals surface area contributed by atoms with Crippen LogP contribution in [-0.2, 0) is 14.9 Å². The normalized spacial score (nSPS) is 25.1. The molecule has 0 spiro atoms. The number of carbonyl (C=O) groups excluding carboxylic acids is 1. The fourth-order valence-electron chi connectivity index (χ4n) is 2.80. The van der Waals surface area contributed by atoms with Crippen LogP contribution in [0.5, 0.6) is 0 Å². The van der Waals surface area contributed by atoms with E-state index in [4.69, 9.17) is 4.74 Å². The van der Waals surface area contributed by atoms with Gasteiger partial charge in [0.1, 0.15) is 5.60 Å². The molecule has 0 saturated carbocycles. The Morgan fingerprint density at radius 1 is 1.45 bits per heavy atom. The first-order chi connectivity index (χ1) is 10.1. The summed E-state index contributed by atoms with van der Waals surface area (Å²) in [6.07, 6.45) is 2.82. The van der Waals surface area contributed by atoms with Crippen molar-refractivity contribution in [2.45, 2.75) is 38.7 Å². The zero-order valence-corrected chi connectivity index (χ0v) is 13.4. The molecule has 1 fully saturated rings. The maximum absolute atomic E-state index is 12.2. The maximum atomic E-state index is 12.2. The number of carbonyl (C=O) groups is 2. The molecule has 2 rings (SSSR count). The van der Waals surface area contributed by atoms with E-state index in [1.54, 1.807) is 39.2 Å². The van der Waals surface area contributed by atoms with Gasteiger partial charge in [0.05, 0.1) is 5.92 Å². The molecule has 120 valence electrons. The number of amides is 1. The first-order valence-corrected chi connectivity index (χ1v) is 7.25. The van der Waals surface area contributed by atoms with Crippen molar-refractivity contribution in [1.29, 1.82) is 0 Å². The predicted octanol–water partition coefficient (Wildman–Crippen LogP) is 2.29. The quantitative estimate of drug-likeness (QED) is 0.907. The number of rotatable bonds is 2. The summed E-state index contributed by atoms with van der Waals surface area (Å²) < 4.78 is 5.36. The highest BCUT2D eigenvalue weighted by molar-refractivity contribution is 5.77. The van der Waals surface area contributed by atoms with Crippen LogP contribution >= 0.6 is 0 Å². The van der Waals surface area contributed by atoms with Crippen molar-refractivity contribution in [3.05, 3.63) is 30.1 Å². The molecule has 0 radical (unpaired) electrons. The van der Waals surface area contributed by atoms with E-state index in [2.05, 4.69) is 4.98 Å². The molecular formula is C16H22N2O4. The van der Waals surface area contributed by atoms with Crippen LogP contribution in [0.1, 0.15) is 33.3 Å². The van der Waals surface area contributed by atoms with E-state index in [9.17, 15) is 14.7 Å². The molecule has 1 N–H and O–H groups in total. The van der Waals surface area contributed by atoms with Gasteiger partial charge >= 0.3 is 12.1 Å². The van der Waals surface area contributed by atoms with Crippen molar-refractivity contribution >= 4 is 12.1 Å². The third-order valence-corrected chi connectivity index (χ3v) is 3.96. The highest BCUT2D eigenvalue weighted by atomic mass is 16.6. The van der Waals surface area contributed by atoms with E-state index in [0.29, 0.717) is 6.54 Å². The summed E-state index contributed by atoms with van der Waals surface area (Å²) in [4.78, 5) is 29.4. The zero-order valence-electron chi connectivity index (χ0n) is 13.4. The van der Waals surface area contributed by atoms with Crippen LogP contribution in [0.2, 0.25) is 0 Å². The summed E-state index contributed by atoms with van der Waals surface area (Å²) in [6, 6.07) is 3.62. The van der Waals surface area contributed by atoms with Gasteiger partial charge in [0.25, 0.3) is 0 Å². The van der Waals surface area contributed by atoms with Gasteiger partial charge in [0, 0.05) is 30.9 Å². The van der Waals surface area contributed by atoms with Gasteiger partial charge in [-0.05, 0) is 32.4 Å². The second-order valence-electron chi connectivity index (χ2n) is 6.91. The van der Waals surface area contributed by atoms with Crippen LogP contribution in [0.3, 0.4) is 0 Å². The standard InChI is InChI=1S/C16H22N2O4/c1-15(2,3)22-14(21)18-9-12(13(19)20)16(4,10-18)11-6-5-7-17-8-11/h5-8,12H,9-10H2,1-4H3,(H,19,20)/t12-,16-/m0/s1. The highest BCUT2D eigenvalue weighted by Gasteiger charge is 2.50. The predicted molar refractivity (Wildman–Crippen MR) is 80.5 cm³/mol. The fourth-order valence-corrected chi connectivity index (χ4v) is 2.80. The van der Waals surface area contributed by atoms with E-state index in [-0.39, 0.29) is 6.54 Å². The first kappa shape index (κ1) is 16.3. The molecule has 1 saturated heterocycles. The van der Waals surface area contributed by atoms with E-state index in [0.717, 1.165) is 5.56 Å². The van der Waals surface area contributed by atoms with Gasteiger partial charge in [-0.1, -0.05) is 13.0 Å². The Morgan fingerprint density at radius 2 is 2.14 bits per heavy atom. The molecule has 6 heteroatoms. The van der Waals surface area contributed by atoms with Crippen molar-refractivity contribution in [2.24, 2.45) is 5.92 Å². The minimum absolute atomic E-state index is 0.135. The van der Waals surface area contributed by atoms with Gasteiger partial charge < -0.3 is 14.7 Å². The third-order valence-electron chi connectivity index (χ3n) is 3.96. The fraction of sp³-hybridized carbons (Fsp3) is 0.562. The second kappa shape index (κ2) is 5.59. The van der Waals surface area contributed by atoms with Gasteiger partial charge in [0.15, 0.2) is 0 Å². The molecule has 1 aromatic heterocycles. The number of aliphatic carboxylic acids is 1. The number of ether oxygens (including phenoxy) is 1. The topological polar surface area (TPSA) is 79.7 Å². The Bertz CT molecular complexity index is 567. The molecule has 0 aromatic carbocycles. The van der Waals surface area contributed by atoms with Crippen LogP contribution in [-0.4, -0.2) is 45.7 Å². The van der Waals surface area contributed by atoms with Crippen molar-refractivity contribution in [3.63, 3.8) is 0 Å². The number of hydrogen-bond acceptors (Lipinski definition) is 4. The average molecular weight is 306 g/mol. The first-order valence-electron chi connectivity index (χ1n) is 7.25. The van der Waals surface area contributed by atoms with E-state index >= 15 is 0 Å². The lowest BCUT2D eigenvalue weighted by atomic mass is 9.75. The number of nitrogens with zero attached hydrogens (tertiary/aromatic N) is 2. The van der Waals surface area contributed by atoms with Crippen LogP contribution in [0.4, 0.5) is 4.79 Å². The van der Waals surface area contributed by atoms with E-state index < -0.39 is 29.0 Å². The molecule has 0 bridgehead atoms. The maximum Gasteiger partial charge on any atom is 0.410 e. The molecule has 0 unspecified atom stereocenters. The number of carboxylic acids is 1. The van der Waals surface area contributed by atoms with Gasteiger partial charge in [-0.2, -0.15) is 0 Å². The zero-order chi connectivity index (χ0) is 16.5. The minimum Gasteiger partial charge on any atom is -0.481 e. The number of hydrogen-bond donors (Lipinski definition) is 1. The van der Waals surface area contributed by atoms with Crippen LogP contribution in [0.25, 0.3) is 0 Å². The molecule has 2 heterocycles. The second-order valence-corrected chi connectivity index (χ2v) is 6.91. The smallest absolute Gasteiger partial charge is 0.410 e. The lowest BCUT2D eigenvalue weighted by Crippen LogP contribution is -2.38. The largest absolute Gasteiger partial charge is 0.481 e. The molecule has 0 aliphatic carbocycles. The van der Waals surface area contributed by atoms with Gasteiger partial charge in [-0.3, -0.25) is 9.78 Å². The molecule has 1 aliphatic heterocycles. The van der Waals surface area contributed by atoms with Crippen LogP contribution in [0.15, 0.2) is 24.5 Å². The Morgan fingerprint density at radius 3 is 2.64 bits per heavy atom. The summed E-state index contributed by atoms with van der Waals surface area (Å²) in [5.41, 5.74) is -0.478. The number of aromatic nitrogens is 1. The lowest BCUT2D eigenvalue weighted by molar-refractivity contribution is -0.142. The third kappa shape index (κ3) is 3.21. The van der Waals surface area contributed by atoms with E-state index in [1.165, 1.54) is 4.90 Å². The van der Waals surface area contributed by atoms with Gasteiger partial charge in [-0.25, -0.2) is 4.79 Å². The minimum atomic E-state index is -0.919. The van der Waals surface area contributed by atoms with Crippen molar-refractivity contribution < 1.29 is 19.4 Å². The van der Waals surface area contributed by atoms with E-state index in [1.807, 2.05) is 13.0 Å². The molecule has 1 amide bonds. The summed E-state index contributed by atoms with van der Waals surface area (Å²) in [7, 11) is 0. The molecule has 1 aliphatic rings. The summed E-state index contributed by atoms with van der Waals surface area (Å²) in [5, 5.41) is 9.54. The number of pyridine rings is 1. The molecule has 2 atom stereocenters. The summed E-state index contributed by atoms with van der Waals surface area (Å²) in [5.74, 6) is -1.61. The molecule has 1 aromatic rings.